The van der Waals surface area contributed by atoms with E-state index in [1.807, 2.05) is 0 Å². The first-order valence-electron chi connectivity index (χ1n) is 9.34. The van der Waals surface area contributed by atoms with E-state index in [4.69, 9.17) is 4.74 Å². The standard InChI is InChI=1S/C23H16F3NO3S2/c1-32(28,29)20-8-4-15(5-9-20)23-22(14-2-6-16(24)7-3-14)27-21(31-23)13-30-19-11-17(25)10-18(26)12-19/h2-12H,13H2,1H3. The molecule has 0 N–H and O–H groups in total. The Hall–Kier alpha value is -3.17. The third-order valence-corrected chi connectivity index (χ3v) is 6.74. The van der Waals surface area contributed by atoms with E-state index in [9.17, 15) is 21.6 Å². The van der Waals surface area contributed by atoms with Gasteiger partial charge in [0.25, 0.3) is 0 Å². The monoisotopic (exact) mass is 475 g/mol. The summed E-state index contributed by atoms with van der Waals surface area (Å²) in [6.45, 7) is -0.0385. The van der Waals surface area contributed by atoms with Crippen LogP contribution in [0.5, 0.6) is 5.75 Å². The Morgan fingerprint density at radius 2 is 1.44 bits per heavy atom. The Morgan fingerprint density at radius 3 is 2.03 bits per heavy atom. The minimum absolute atomic E-state index is 0.0279. The van der Waals surface area contributed by atoms with E-state index in [1.54, 1.807) is 24.3 Å². The average Bonchev–Trinajstić information content (AvgIpc) is 3.16. The Morgan fingerprint density at radius 1 is 0.844 bits per heavy atom. The van der Waals surface area contributed by atoms with Crippen molar-refractivity contribution >= 4 is 21.2 Å². The summed E-state index contributed by atoms with van der Waals surface area (Å²) in [6, 6.07) is 15.1. The first-order valence-corrected chi connectivity index (χ1v) is 12.0. The van der Waals surface area contributed by atoms with Gasteiger partial charge in [0.05, 0.1) is 15.5 Å². The van der Waals surface area contributed by atoms with Crippen LogP contribution in [0.25, 0.3) is 21.7 Å². The van der Waals surface area contributed by atoms with E-state index in [0.717, 1.165) is 34.9 Å². The molecule has 0 radical (unpaired) electrons. The van der Waals surface area contributed by atoms with Crippen LogP contribution in [0.4, 0.5) is 13.2 Å². The molecule has 4 nitrogen and oxygen atoms in total. The van der Waals surface area contributed by atoms with Crippen LogP contribution < -0.4 is 4.74 Å². The summed E-state index contributed by atoms with van der Waals surface area (Å²) >= 11 is 1.29. The number of rotatable bonds is 6. The van der Waals surface area contributed by atoms with Gasteiger partial charge in [-0.2, -0.15) is 0 Å². The van der Waals surface area contributed by atoms with Crippen LogP contribution in [-0.2, 0) is 16.4 Å². The van der Waals surface area contributed by atoms with E-state index < -0.39 is 21.5 Å². The smallest absolute Gasteiger partial charge is 0.175 e. The summed E-state index contributed by atoms with van der Waals surface area (Å²) in [5, 5.41) is 0.524. The SMILES string of the molecule is CS(=O)(=O)c1ccc(-c2sc(COc3cc(F)cc(F)c3)nc2-c2ccc(F)cc2)cc1. The van der Waals surface area contributed by atoms with Crippen LogP contribution in [0.3, 0.4) is 0 Å². The third kappa shape index (κ3) is 5.00. The van der Waals surface area contributed by atoms with Gasteiger partial charge in [-0.1, -0.05) is 12.1 Å². The largest absolute Gasteiger partial charge is 0.486 e. The summed E-state index contributed by atoms with van der Waals surface area (Å²) < 4.78 is 69.2. The molecule has 0 aliphatic carbocycles. The third-order valence-electron chi connectivity index (χ3n) is 4.53. The lowest BCUT2D eigenvalue weighted by molar-refractivity contribution is 0.302. The lowest BCUT2D eigenvalue weighted by Gasteiger charge is -2.04. The van der Waals surface area contributed by atoms with Crippen molar-refractivity contribution in [2.24, 2.45) is 0 Å². The number of ether oxygens (including phenoxy) is 1. The summed E-state index contributed by atoms with van der Waals surface area (Å²) in [5.41, 5.74) is 1.94. The van der Waals surface area contributed by atoms with Gasteiger partial charge in [0, 0.05) is 30.0 Å². The minimum Gasteiger partial charge on any atom is -0.486 e. The molecule has 4 aromatic rings. The van der Waals surface area contributed by atoms with E-state index in [0.29, 0.717) is 16.3 Å². The zero-order valence-corrected chi connectivity index (χ0v) is 18.3. The van der Waals surface area contributed by atoms with Gasteiger partial charge in [0.2, 0.25) is 0 Å². The molecule has 0 saturated carbocycles. The van der Waals surface area contributed by atoms with E-state index >= 15 is 0 Å². The zero-order chi connectivity index (χ0) is 22.9. The number of halogens is 3. The molecule has 0 unspecified atom stereocenters. The number of hydrogen-bond acceptors (Lipinski definition) is 5. The molecule has 1 heterocycles. The number of nitrogens with zero attached hydrogens (tertiary/aromatic N) is 1. The van der Waals surface area contributed by atoms with Gasteiger partial charge < -0.3 is 4.74 Å². The van der Waals surface area contributed by atoms with Crippen molar-refractivity contribution in [2.45, 2.75) is 11.5 Å². The Kier molecular flexibility index (Phi) is 6.03. The molecular formula is C23H16F3NO3S2. The summed E-state index contributed by atoms with van der Waals surface area (Å²) in [4.78, 5) is 5.49. The van der Waals surface area contributed by atoms with Gasteiger partial charge in [-0.15, -0.1) is 11.3 Å². The predicted octanol–water partition coefficient (Wildman–Crippen LogP) is 5.88. The molecule has 3 aromatic carbocycles. The molecule has 0 aliphatic rings. The van der Waals surface area contributed by atoms with Crippen molar-refractivity contribution in [1.29, 1.82) is 0 Å². The van der Waals surface area contributed by atoms with Gasteiger partial charge in [-0.25, -0.2) is 26.6 Å². The molecule has 1 aromatic heterocycles. The zero-order valence-electron chi connectivity index (χ0n) is 16.7. The van der Waals surface area contributed by atoms with Crippen molar-refractivity contribution in [1.82, 2.24) is 4.98 Å². The van der Waals surface area contributed by atoms with Gasteiger partial charge in [-0.05, 0) is 42.0 Å². The molecule has 0 saturated heterocycles. The molecule has 4 rings (SSSR count). The summed E-state index contributed by atoms with van der Waals surface area (Å²) in [6.07, 6.45) is 1.13. The van der Waals surface area contributed by atoms with Crippen molar-refractivity contribution in [2.75, 3.05) is 6.26 Å². The van der Waals surface area contributed by atoms with Crippen LogP contribution >= 0.6 is 11.3 Å². The highest BCUT2D eigenvalue weighted by Crippen LogP contribution is 2.37. The van der Waals surface area contributed by atoms with Crippen LogP contribution in [0.1, 0.15) is 5.01 Å². The lowest BCUT2D eigenvalue weighted by Crippen LogP contribution is -1.96. The topological polar surface area (TPSA) is 56.3 Å². The normalized spacial score (nSPS) is 11.5. The molecule has 0 bridgehead atoms. The fourth-order valence-corrected chi connectivity index (χ4v) is 4.67. The van der Waals surface area contributed by atoms with E-state index in [1.165, 1.54) is 35.6 Å². The van der Waals surface area contributed by atoms with Gasteiger partial charge in [0.15, 0.2) is 9.84 Å². The molecule has 32 heavy (non-hydrogen) atoms. The maximum Gasteiger partial charge on any atom is 0.175 e. The predicted molar refractivity (Wildman–Crippen MR) is 117 cm³/mol. The highest BCUT2D eigenvalue weighted by Gasteiger charge is 2.17. The molecule has 0 spiro atoms. The van der Waals surface area contributed by atoms with Crippen molar-refractivity contribution in [3.05, 3.63) is 89.2 Å². The minimum atomic E-state index is -3.35. The highest BCUT2D eigenvalue weighted by molar-refractivity contribution is 7.90. The maximum atomic E-state index is 13.4. The molecule has 164 valence electrons. The van der Waals surface area contributed by atoms with Crippen LogP contribution in [0.2, 0.25) is 0 Å². The average molecular weight is 476 g/mol. The Balaban J connectivity index is 1.70. The van der Waals surface area contributed by atoms with Crippen LogP contribution in [0, 0.1) is 17.5 Å². The Labute approximate surface area is 186 Å². The van der Waals surface area contributed by atoms with Crippen molar-refractivity contribution in [3.8, 4) is 27.4 Å². The van der Waals surface area contributed by atoms with E-state index in [2.05, 4.69) is 4.98 Å². The molecule has 0 fully saturated rings. The number of hydrogen-bond donors (Lipinski definition) is 0. The summed E-state index contributed by atoms with van der Waals surface area (Å²) in [7, 11) is -3.35. The molecule has 0 atom stereocenters. The van der Waals surface area contributed by atoms with E-state index in [-0.39, 0.29) is 23.1 Å². The first-order chi connectivity index (χ1) is 15.2. The molecule has 0 aliphatic heterocycles. The number of benzene rings is 3. The van der Waals surface area contributed by atoms with Crippen molar-refractivity contribution < 1.29 is 26.3 Å². The maximum absolute atomic E-state index is 13.4. The fourth-order valence-electron chi connectivity index (χ4n) is 3.04. The summed E-state index contributed by atoms with van der Waals surface area (Å²) in [5.74, 6) is -1.87. The number of sulfone groups is 1. The fraction of sp³-hybridized carbons (Fsp3) is 0.0870. The quantitative estimate of drug-likeness (QED) is 0.350. The second-order valence-corrected chi connectivity index (χ2v) is 10.1. The van der Waals surface area contributed by atoms with Gasteiger partial charge in [-0.3, -0.25) is 0 Å². The second kappa shape index (κ2) is 8.76. The number of aromatic nitrogens is 1. The number of thiazole rings is 1. The first kappa shape index (κ1) is 22.0. The molecule has 0 amide bonds. The van der Waals surface area contributed by atoms with Gasteiger partial charge >= 0.3 is 0 Å². The van der Waals surface area contributed by atoms with Crippen molar-refractivity contribution in [3.63, 3.8) is 0 Å². The molecular weight excluding hydrogens is 459 g/mol. The second-order valence-electron chi connectivity index (χ2n) is 6.98. The molecule has 9 heteroatoms. The lowest BCUT2D eigenvalue weighted by atomic mass is 10.1. The highest BCUT2D eigenvalue weighted by atomic mass is 32.2. The van der Waals surface area contributed by atoms with Crippen LogP contribution in [-0.4, -0.2) is 19.7 Å². The van der Waals surface area contributed by atoms with Crippen LogP contribution in [0.15, 0.2) is 71.6 Å². The van der Waals surface area contributed by atoms with Gasteiger partial charge in [0.1, 0.15) is 34.8 Å². The Bertz CT molecular complexity index is 1350.